The molecule has 52 heavy (non-hydrogen) atoms. The van der Waals surface area contributed by atoms with E-state index in [1.165, 1.54) is 60.0 Å². The second-order valence-corrected chi connectivity index (χ2v) is 14.8. The average Bonchev–Trinajstić information content (AvgIpc) is 3.68. The number of benzene rings is 7. The molecule has 0 radical (unpaired) electrons. The van der Waals surface area contributed by atoms with Crippen LogP contribution in [0.4, 0.5) is 0 Å². The standard InChI is InChI=1S/C48H36N4/c1-48(2,3)37-21-17-31(18-22-37)34-19-23-44-41(26-34)42-27-35(20-24-45(42)51(44)38-13-5-4-6-14-38)36-29-49-47(50-30-36)52-43-16-10-9-15-39(43)40-25-32-11-7-8-12-33(32)28-46(40)52/h4-30H,1-3H3. The molecule has 0 aliphatic carbocycles. The Labute approximate surface area is 302 Å². The Kier molecular flexibility index (Phi) is 6.71. The first-order chi connectivity index (χ1) is 25.4. The van der Waals surface area contributed by atoms with E-state index in [9.17, 15) is 0 Å². The zero-order valence-corrected chi connectivity index (χ0v) is 29.4. The second kappa shape index (κ2) is 11.5. The summed E-state index contributed by atoms with van der Waals surface area (Å²) in [5.74, 6) is 0.661. The SMILES string of the molecule is CC(C)(C)c1ccc(-c2ccc3c(c2)c2cc(-c4cnc(-n5c6ccccc6c6cc7ccccc7cc65)nc4)ccc2n3-c2ccccc2)cc1. The molecule has 7 aromatic carbocycles. The molecule has 10 rings (SSSR count). The van der Waals surface area contributed by atoms with Crippen LogP contribution in [-0.4, -0.2) is 19.1 Å². The molecule has 0 aliphatic rings. The van der Waals surface area contributed by atoms with E-state index in [2.05, 4.69) is 182 Å². The van der Waals surface area contributed by atoms with Crippen molar-refractivity contribution in [2.24, 2.45) is 0 Å². The van der Waals surface area contributed by atoms with Gasteiger partial charge in [0, 0.05) is 45.2 Å². The maximum absolute atomic E-state index is 5.00. The molecule has 3 aromatic heterocycles. The lowest BCUT2D eigenvalue weighted by Gasteiger charge is -2.19. The molecule has 248 valence electrons. The predicted octanol–water partition coefficient (Wildman–Crippen LogP) is 12.5. The van der Waals surface area contributed by atoms with E-state index in [-0.39, 0.29) is 5.41 Å². The summed E-state index contributed by atoms with van der Waals surface area (Å²) < 4.78 is 4.56. The fraction of sp³-hybridized carbons (Fsp3) is 0.0833. The van der Waals surface area contributed by atoms with Crippen molar-refractivity contribution < 1.29 is 0 Å². The highest BCUT2D eigenvalue weighted by Gasteiger charge is 2.18. The molecule has 0 amide bonds. The van der Waals surface area contributed by atoms with Crippen LogP contribution in [0.1, 0.15) is 26.3 Å². The summed E-state index contributed by atoms with van der Waals surface area (Å²) >= 11 is 0. The lowest BCUT2D eigenvalue weighted by molar-refractivity contribution is 0.590. The van der Waals surface area contributed by atoms with Gasteiger partial charge >= 0.3 is 0 Å². The highest BCUT2D eigenvalue weighted by molar-refractivity contribution is 6.14. The van der Waals surface area contributed by atoms with E-state index in [0.29, 0.717) is 5.95 Å². The minimum Gasteiger partial charge on any atom is -0.309 e. The second-order valence-electron chi connectivity index (χ2n) is 14.8. The van der Waals surface area contributed by atoms with Crippen molar-refractivity contribution in [2.75, 3.05) is 0 Å². The highest BCUT2D eigenvalue weighted by Crippen LogP contribution is 2.38. The van der Waals surface area contributed by atoms with Gasteiger partial charge in [-0.2, -0.15) is 0 Å². The first kappa shape index (κ1) is 30.3. The van der Waals surface area contributed by atoms with E-state index < -0.39 is 0 Å². The number of aromatic nitrogens is 4. The van der Waals surface area contributed by atoms with E-state index in [1.807, 2.05) is 12.4 Å². The third-order valence-corrected chi connectivity index (χ3v) is 10.6. The quantitative estimate of drug-likeness (QED) is 0.187. The van der Waals surface area contributed by atoms with Crippen molar-refractivity contribution in [3.63, 3.8) is 0 Å². The Morgan fingerprint density at radius 2 is 0.942 bits per heavy atom. The van der Waals surface area contributed by atoms with Crippen LogP contribution in [0, 0.1) is 0 Å². The maximum Gasteiger partial charge on any atom is 0.234 e. The number of fused-ring (bicyclic) bond motifs is 7. The predicted molar refractivity (Wildman–Crippen MR) is 218 cm³/mol. The molecule has 0 N–H and O–H groups in total. The third-order valence-electron chi connectivity index (χ3n) is 10.6. The minimum atomic E-state index is 0.113. The summed E-state index contributed by atoms with van der Waals surface area (Å²) in [6.07, 6.45) is 3.92. The number of hydrogen-bond acceptors (Lipinski definition) is 2. The van der Waals surface area contributed by atoms with Crippen LogP contribution < -0.4 is 0 Å². The summed E-state index contributed by atoms with van der Waals surface area (Å²) in [6.45, 7) is 6.78. The van der Waals surface area contributed by atoms with Crippen molar-refractivity contribution in [2.45, 2.75) is 26.2 Å². The van der Waals surface area contributed by atoms with Gasteiger partial charge in [-0.15, -0.1) is 0 Å². The van der Waals surface area contributed by atoms with E-state index >= 15 is 0 Å². The van der Waals surface area contributed by atoms with Crippen molar-refractivity contribution >= 4 is 54.4 Å². The monoisotopic (exact) mass is 668 g/mol. The fourth-order valence-electron chi connectivity index (χ4n) is 7.86. The summed E-state index contributed by atoms with van der Waals surface area (Å²) in [4.78, 5) is 10.00. The van der Waals surface area contributed by atoms with Crippen LogP contribution in [0.3, 0.4) is 0 Å². The summed E-state index contributed by atoms with van der Waals surface area (Å²) in [5.41, 5.74) is 11.6. The van der Waals surface area contributed by atoms with Gasteiger partial charge in [-0.25, -0.2) is 9.97 Å². The normalized spacial score (nSPS) is 12.1. The van der Waals surface area contributed by atoms with Gasteiger partial charge in [-0.05, 0) is 93.0 Å². The molecule has 3 heterocycles. The van der Waals surface area contributed by atoms with Crippen molar-refractivity contribution in [3.05, 3.63) is 170 Å². The van der Waals surface area contributed by atoms with Crippen molar-refractivity contribution in [1.29, 1.82) is 0 Å². The molecule has 0 spiro atoms. The van der Waals surface area contributed by atoms with E-state index in [4.69, 9.17) is 9.97 Å². The van der Waals surface area contributed by atoms with Gasteiger partial charge in [0.05, 0.1) is 22.1 Å². The van der Waals surface area contributed by atoms with Gasteiger partial charge in [0.2, 0.25) is 5.95 Å². The third kappa shape index (κ3) is 4.83. The lowest BCUT2D eigenvalue weighted by atomic mass is 9.86. The van der Waals surface area contributed by atoms with Crippen LogP contribution in [0.5, 0.6) is 0 Å². The van der Waals surface area contributed by atoms with Gasteiger partial charge in [-0.1, -0.05) is 118 Å². The Morgan fingerprint density at radius 3 is 1.62 bits per heavy atom. The molecule has 0 unspecified atom stereocenters. The maximum atomic E-state index is 5.00. The Hall–Kier alpha value is -6.52. The zero-order valence-electron chi connectivity index (χ0n) is 29.4. The molecule has 0 saturated carbocycles. The lowest BCUT2D eigenvalue weighted by Crippen LogP contribution is -2.10. The first-order valence-electron chi connectivity index (χ1n) is 17.9. The van der Waals surface area contributed by atoms with Crippen molar-refractivity contribution in [1.82, 2.24) is 19.1 Å². The van der Waals surface area contributed by atoms with Gasteiger partial charge in [-0.3, -0.25) is 4.57 Å². The Bertz CT molecular complexity index is 2960. The molecular weight excluding hydrogens is 633 g/mol. The summed E-state index contributed by atoms with van der Waals surface area (Å²) in [5, 5.41) is 7.23. The van der Waals surface area contributed by atoms with E-state index in [0.717, 1.165) is 27.8 Å². The van der Waals surface area contributed by atoms with E-state index in [1.54, 1.807) is 0 Å². The molecule has 0 bridgehead atoms. The molecule has 0 saturated heterocycles. The number of para-hydroxylation sites is 2. The Morgan fingerprint density at radius 1 is 0.404 bits per heavy atom. The molecule has 10 aromatic rings. The fourth-order valence-corrected chi connectivity index (χ4v) is 7.86. The largest absolute Gasteiger partial charge is 0.309 e. The first-order valence-corrected chi connectivity index (χ1v) is 17.9. The van der Waals surface area contributed by atoms with Gasteiger partial charge < -0.3 is 4.57 Å². The van der Waals surface area contributed by atoms with Crippen molar-refractivity contribution in [3.8, 4) is 33.9 Å². The minimum absolute atomic E-state index is 0.113. The van der Waals surface area contributed by atoms with Crippen LogP contribution in [0.15, 0.2) is 164 Å². The molecule has 0 atom stereocenters. The summed E-state index contributed by atoms with van der Waals surface area (Å²) in [6, 6.07) is 54.8. The molecule has 0 fully saturated rings. The number of hydrogen-bond donors (Lipinski definition) is 0. The van der Waals surface area contributed by atoms with Gasteiger partial charge in [0.15, 0.2) is 0 Å². The average molecular weight is 669 g/mol. The molecular formula is C48H36N4. The smallest absolute Gasteiger partial charge is 0.234 e. The molecule has 0 aliphatic heterocycles. The van der Waals surface area contributed by atoms with Crippen LogP contribution in [-0.2, 0) is 5.41 Å². The van der Waals surface area contributed by atoms with Crippen LogP contribution in [0.2, 0.25) is 0 Å². The molecule has 4 nitrogen and oxygen atoms in total. The Balaban J connectivity index is 1.11. The van der Waals surface area contributed by atoms with Crippen LogP contribution in [0.25, 0.3) is 88.3 Å². The van der Waals surface area contributed by atoms with Gasteiger partial charge in [0.1, 0.15) is 0 Å². The number of nitrogens with zero attached hydrogens (tertiary/aromatic N) is 4. The summed E-state index contributed by atoms with van der Waals surface area (Å²) in [7, 11) is 0. The highest BCUT2D eigenvalue weighted by atomic mass is 15.1. The van der Waals surface area contributed by atoms with Gasteiger partial charge in [0.25, 0.3) is 0 Å². The number of rotatable bonds is 4. The zero-order chi connectivity index (χ0) is 35.0. The van der Waals surface area contributed by atoms with Crippen LogP contribution >= 0.6 is 0 Å². The molecule has 4 heteroatoms. The topological polar surface area (TPSA) is 35.6 Å².